The first-order valence-corrected chi connectivity index (χ1v) is 7.39. The minimum Gasteiger partial charge on any atom is -0.260 e. The molecule has 0 radical (unpaired) electrons. The second-order valence-electron chi connectivity index (χ2n) is 5.50. The Bertz CT molecular complexity index is 552. The first-order chi connectivity index (χ1) is 10.3. The zero-order valence-electron chi connectivity index (χ0n) is 12.4. The van der Waals surface area contributed by atoms with Crippen LogP contribution in [-0.2, 0) is 0 Å². The number of pyridine rings is 1. The number of aromatic nitrogens is 3. The van der Waals surface area contributed by atoms with Gasteiger partial charge in [-0.25, -0.2) is 9.97 Å². The Hall–Kier alpha value is -2.21. The van der Waals surface area contributed by atoms with Gasteiger partial charge in [0.15, 0.2) is 5.82 Å². The van der Waals surface area contributed by atoms with Crippen molar-refractivity contribution in [2.75, 3.05) is 0 Å². The molecule has 2 aromatic heterocycles. The zero-order chi connectivity index (χ0) is 15.1. The number of hydrogen-bond donors (Lipinski definition) is 0. The Morgan fingerprint density at radius 3 is 2.19 bits per heavy atom. The van der Waals surface area contributed by atoms with E-state index in [9.17, 15) is 0 Å². The van der Waals surface area contributed by atoms with Crippen molar-refractivity contribution in [3.05, 3.63) is 42.5 Å². The van der Waals surface area contributed by atoms with E-state index in [0.717, 1.165) is 17.3 Å². The summed E-state index contributed by atoms with van der Waals surface area (Å²) >= 11 is 0. The van der Waals surface area contributed by atoms with Crippen LogP contribution in [0.3, 0.4) is 0 Å². The Balaban J connectivity index is 0.000000774. The smallest absolute Gasteiger partial charge is 0.160 e. The molecule has 1 fully saturated rings. The van der Waals surface area contributed by atoms with Gasteiger partial charge in [-0.3, -0.25) is 4.98 Å². The van der Waals surface area contributed by atoms with Gasteiger partial charge in [-0.15, -0.1) is 12.8 Å². The predicted molar refractivity (Wildman–Crippen MR) is 85.5 cm³/mol. The van der Waals surface area contributed by atoms with E-state index in [4.69, 9.17) is 0 Å². The van der Waals surface area contributed by atoms with Gasteiger partial charge in [0.2, 0.25) is 0 Å². The van der Waals surface area contributed by atoms with Crippen LogP contribution in [0.1, 0.15) is 44.2 Å². The average molecular weight is 279 g/mol. The number of hydrogen-bond acceptors (Lipinski definition) is 3. The molecule has 2 aromatic rings. The molecule has 1 saturated carbocycles. The van der Waals surface area contributed by atoms with Crippen LogP contribution in [0.5, 0.6) is 0 Å². The van der Waals surface area contributed by atoms with Gasteiger partial charge in [0.05, 0.1) is 0 Å². The summed E-state index contributed by atoms with van der Waals surface area (Å²) < 4.78 is 0. The van der Waals surface area contributed by atoms with Crippen LogP contribution in [0.15, 0.2) is 36.8 Å². The van der Waals surface area contributed by atoms with E-state index in [2.05, 4.69) is 46.9 Å². The number of terminal acetylenes is 1. The highest BCUT2D eigenvalue weighted by molar-refractivity contribution is 5.52. The summed E-state index contributed by atoms with van der Waals surface area (Å²) in [4.78, 5) is 13.1. The monoisotopic (exact) mass is 279 g/mol. The minimum atomic E-state index is 0.641. The molecule has 21 heavy (non-hydrogen) atoms. The molecule has 0 aromatic carbocycles. The summed E-state index contributed by atoms with van der Waals surface area (Å²) in [6.45, 7) is 2.35. The van der Waals surface area contributed by atoms with E-state index in [-0.39, 0.29) is 0 Å². The molecule has 0 amide bonds. The highest BCUT2D eigenvalue weighted by Gasteiger charge is 2.20. The lowest BCUT2D eigenvalue weighted by molar-refractivity contribution is 0.344. The van der Waals surface area contributed by atoms with Crippen LogP contribution in [0.4, 0.5) is 0 Å². The van der Waals surface area contributed by atoms with Crippen molar-refractivity contribution in [2.24, 2.45) is 5.92 Å². The third-order valence-corrected chi connectivity index (χ3v) is 4.04. The molecule has 2 heterocycles. The summed E-state index contributed by atoms with van der Waals surface area (Å²) in [5.41, 5.74) is 2.22. The molecule has 0 atom stereocenters. The molecule has 0 N–H and O–H groups in total. The van der Waals surface area contributed by atoms with Crippen molar-refractivity contribution in [1.82, 2.24) is 15.0 Å². The molecule has 0 spiro atoms. The lowest BCUT2D eigenvalue weighted by Gasteiger charge is -2.25. The molecule has 0 bridgehead atoms. The Labute approximate surface area is 126 Å². The molecular formula is C18H21N3. The summed E-state index contributed by atoms with van der Waals surface area (Å²) in [7, 11) is 0. The van der Waals surface area contributed by atoms with Crippen LogP contribution < -0.4 is 0 Å². The summed E-state index contributed by atoms with van der Waals surface area (Å²) in [6.07, 6.45) is 18.6. The molecule has 0 saturated heterocycles. The van der Waals surface area contributed by atoms with E-state index < -0.39 is 0 Å². The average Bonchev–Trinajstić information content (AvgIpc) is 2.58. The van der Waals surface area contributed by atoms with Crippen molar-refractivity contribution >= 4 is 0 Å². The van der Waals surface area contributed by atoms with E-state index in [1.807, 2.05) is 12.3 Å². The third kappa shape index (κ3) is 3.88. The first kappa shape index (κ1) is 15.2. The van der Waals surface area contributed by atoms with Crippen molar-refractivity contribution in [2.45, 2.75) is 38.5 Å². The van der Waals surface area contributed by atoms with Gasteiger partial charge in [-0.1, -0.05) is 19.8 Å². The number of nitrogens with zero attached hydrogens (tertiary/aromatic N) is 3. The fraction of sp³-hybridized carbons (Fsp3) is 0.389. The highest BCUT2D eigenvalue weighted by atomic mass is 14.9. The van der Waals surface area contributed by atoms with Gasteiger partial charge in [-0.2, -0.15) is 0 Å². The maximum atomic E-state index is 4.62. The molecule has 1 aliphatic carbocycles. The number of rotatable bonds is 2. The Morgan fingerprint density at radius 1 is 0.952 bits per heavy atom. The molecular weight excluding hydrogens is 258 g/mol. The zero-order valence-corrected chi connectivity index (χ0v) is 12.4. The lowest BCUT2D eigenvalue weighted by atomic mass is 9.81. The summed E-state index contributed by atoms with van der Waals surface area (Å²) in [6, 6.07) is 6.07. The van der Waals surface area contributed by atoms with Gasteiger partial charge < -0.3 is 0 Å². The van der Waals surface area contributed by atoms with Gasteiger partial charge >= 0.3 is 0 Å². The molecule has 3 heteroatoms. The molecule has 0 unspecified atom stereocenters. The predicted octanol–water partition coefficient (Wildman–Crippen LogP) is 4.08. The van der Waals surface area contributed by atoms with Crippen molar-refractivity contribution in [1.29, 1.82) is 0 Å². The Morgan fingerprint density at radius 2 is 1.62 bits per heavy atom. The van der Waals surface area contributed by atoms with E-state index >= 15 is 0 Å². The van der Waals surface area contributed by atoms with Crippen molar-refractivity contribution < 1.29 is 0 Å². The van der Waals surface area contributed by atoms with Crippen LogP contribution in [0.2, 0.25) is 0 Å². The molecule has 0 aliphatic heterocycles. The minimum absolute atomic E-state index is 0.641. The van der Waals surface area contributed by atoms with Gasteiger partial charge in [0, 0.05) is 35.8 Å². The summed E-state index contributed by atoms with van der Waals surface area (Å²) in [5.74, 6) is 2.27. The normalized spacial score (nSPS) is 21.1. The van der Waals surface area contributed by atoms with E-state index in [1.165, 1.54) is 31.4 Å². The largest absolute Gasteiger partial charge is 0.260 e. The Kier molecular flexibility index (Phi) is 5.45. The van der Waals surface area contributed by atoms with Crippen molar-refractivity contribution in [3.8, 4) is 24.2 Å². The van der Waals surface area contributed by atoms with Gasteiger partial charge in [0.1, 0.15) is 0 Å². The molecule has 108 valence electrons. The van der Waals surface area contributed by atoms with E-state index in [1.54, 1.807) is 12.4 Å². The third-order valence-electron chi connectivity index (χ3n) is 4.04. The highest BCUT2D eigenvalue weighted by Crippen LogP contribution is 2.34. The molecule has 3 nitrogen and oxygen atoms in total. The van der Waals surface area contributed by atoms with Gasteiger partial charge in [-0.05, 0) is 37.0 Å². The van der Waals surface area contributed by atoms with E-state index in [0.29, 0.717) is 5.92 Å². The first-order valence-electron chi connectivity index (χ1n) is 7.39. The molecule has 3 rings (SSSR count). The van der Waals surface area contributed by atoms with Crippen LogP contribution >= 0.6 is 0 Å². The lowest BCUT2D eigenvalue weighted by Crippen LogP contribution is -2.11. The fourth-order valence-corrected chi connectivity index (χ4v) is 2.78. The molecule has 1 aliphatic rings. The fourth-order valence-electron chi connectivity index (χ4n) is 2.78. The van der Waals surface area contributed by atoms with Gasteiger partial charge in [0.25, 0.3) is 0 Å². The topological polar surface area (TPSA) is 38.7 Å². The van der Waals surface area contributed by atoms with Crippen LogP contribution in [0.25, 0.3) is 11.4 Å². The second kappa shape index (κ2) is 7.54. The van der Waals surface area contributed by atoms with Crippen LogP contribution in [0, 0.1) is 18.8 Å². The quantitative estimate of drug-likeness (QED) is 0.777. The van der Waals surface area contributed by atoms with Crippen LogP contribution in [-0.4, -0.2) is 15.0 Å². The maximum Gasteiger partial charge on any atom is 0.160 e. The second-order valence-corrected chi connectivity index (χ2v) is 5.50. The SMILES string of the molecule is C#C.CC1CCC(c2ccc(-c3ncccn3)cn2)CC1. The standard InChI is InChI=1S/C16H19N3.C2H2/c1-12-3-5-13(6-4-12)15-8-7-14(11-19-15)16-17-9-2-10-18-16;1-2/h2,7-13H,3-6H2,1H3;1-2H. The summed E-state index contributed by atoms with van der Waals surface area (Å²) in [5, 5.41) is 0. The maximum absolute atomic E-state index is 4.62. The van der Waals surface area contributed by atoms with Crippen molar-refractivity contribution in [3.63, 3.8) is 0 Å².